The average molecular weight is 281 g/mol. The maximum absolute atomic E-state index is 5.76. The largest absolute Gasteiger partial charge is 0.477 e. The SMILES string of the molecule is CCOc1ncccc1-c1nnc(-c2cccc(C)c2)o1. The lowest BCUT2D eigenvalue weighted by Gasteiger charge is -2.04. The Kier molecular flexibility index (Phi) is 3.64. The zero-order chi connectivity index (χ0) is 14.7. The van der Waals surface area contributed by atoms with Gasteiger partial charge in [0.15, 0.2) is 0 Å². The predicted molar refractivity (Wildman–Crippen MR) is 78.9 cm³/mol. The van der Waals surface area contributed by atoms with Gasteiger partial charge in [-0.1, -0.05) is 17.7 Å². The van der Waals surface area contributed by atoms with Crippen LogP contribution in [-0.4, -0.2) is 21.8 Å². The molecule has 0 fully saturated rings. The molecule has 0 saturated carbocycles. The Hall–Kier alpha value is -2.69. The summed E-state index contributed by atoms with van der Waals surface area (Å²) in [5.41, 5.74) is 2.74. The molecular weight excluding hydrogens is 266 g/mol. The average Bonchev–Trinajstić information content (AvgIpc) is 2.98. The first kappa shape index (κ1) is 13.3. The van der Waals surface area contributed by atoms with E-state index in [0.717, 1.165) is 11.1 Å². The van der Waals surface area contributed by atoms with Crippen molar-refractivity contribution < 1.29 is 9.15 Å². The molecule has 0 saturated heterocycles. The molecule has 3 rings (SSSR count). The number of rotatable bonds is 4. The minimum atomic E-state index is 0.406. The summed E-state index contributed by atoms with van der Waals surface area (Å²) in [4.78, 5) is 4.19. The molecule has 0 radical (unpaired) electrons. The van der Waals surface area contributed by atoms with E-state index in [1.807, 2.05) is 50.2 Å². The minimum Gasteiger partial charge on any atom is -0.477 e. The van der Waals surface area contributed by atoms with Crippen molar-refractivity contribution in [2.75, 3.05) is 6.61 Å². The van der Waals surface area contributed by atoms with Crippen LogP contribution in [0.4, 0.5) is 0 Å². The first-order valence-corrected chi connectivity index (χ1v) is 6.76. The van der Waals surface area contributed by atoms with Gasteiger partial charge in [0.05, 0.1) is 6.61 Å². The number of hydrogen-bond acceptors (Lipinski definition) is 5. The van der Waals surface area contributed by atoms with Crippen LogP contribution in [0.1, 0.15) is 12.5 Å². The smallest absolute Gasteiger partial charge is 0.253 e. The zero-order valence-corrected chi connectivity index (χ0v) is 11.9. The third-order valence-corrected chi connectivity index (χ3v) is 2.97. The van der Waals surface area contributed by atoms with Crippen LogP contribution in [0, 0.1) is 6.92 Å². The molecule has 0 aliphatic carbocycles. The van der Waals surface area contributed by atoms with Crippen molar-refractivity contribution in [3.8, 4) is 28.8 Å². The third kappa shape index (κ3) is 2.76. The Balaban J connectivity index is 1.99. The van der Waals surface area contributed by atoms with E-state index in [1.165, 1.54) is 0 Å². The number of hydrogen-bond donors (Lipinski definition) is 0. The monoisotopic (exact) mass is 281 g/mol. The molecule has 0 unspecified atom stereocenters. The fourth-order valence-electron chi connectivity index (χ4n) is 2.03. The maximum atomic E-state index is 5.76. The van der Waals surface area contributed by atoms with E-state index in [-0.39, 0.29) is 0 Å². The van der Waals surface area contributed by atoms with Crippen molar-refractivity contribution in [2.45, 2.75) is 13.8 Å². The highest BCUT2D eigenvalue weighted by atomic mass is 16.5. The number of pyridine rings is 1. The Labute approximate surface area is 122 Å². The molecule has 2 heterocycles. The summed E-state index contributed by atoms with van der Waals surface area (Å²) in [5, 5.41) is 8.20. The van der Waals surface area contributed by atoms with E-state index in [4.69, 9.17) is 9.15 Å². The van der Waals surface area contributed by atoms with Gasteiger partial charge in [-0.25, -0.2) is 4.98 Å². The van der Waals surface area contributed by atoms with Gasteiger partial charge in [0, 0.05) is 11.8 Å². The number of nitrogens with zero attached hydrogens (tertiary/aromatic N) is 3. The minimum absolute atomic E-state index is 0.406. The number of benzene rings is 1. The van der Waals surface area contributed by atoms with Gasteiger partial charge < -0.3 is 9.15 Å². The van der Waals surface area contributed by atoms with Gasteiger partial charge in [0.25, 0.3) is 5.89 Å². The van der Waals surface area contributed by atoms with E-state index in [9.17, 15) is 0 Å². The van der Waals surface area contributed by atoms with Crippen LogP contribution in [0.3, 0.4) is 0 Å². The summed E-state index contributed by atoms with van der Waals surface area (Å²) in [6.45, 7) is 4.46. The third-order valence-electron chi connectivity index (χ3n) is 2.97. The summed E-state index contributed by atoms with van der Waals surface area (Å²) < 4.78 is 11.2. The number of ether oxygens (including phenoxy) is 1. The molecule has 5 heteroatoms. The van der Waals surface area contributed by atoms with Crippen LogP contribution in [-0.2, 0) is 0 Å². The topological polar surface area (TPSA) is 61.0 Å². The van der Waals surface area contributed by atoms with Crippen LogP contribution < -0.4 is 4.74 Å². The zero-order valence-electron chi connectivity index (χ0n) is 11.9. The van der Waals surface area contributed by atoms with E-state index in [2.05, 4.69) is 15.2 Å². The molecule has 5 nitrogen and oxygen atoms in total. The van der Waals surface area contributed by atoms with Crippen LogP contribution in [0.25, 0.3) is 22.9 Å². The molecular formula is C16H15N3O2. The summed E-state index contributed by atoms with van der Waals surface area (Å²) in [5.74, 6) is 1.39. The van der Waals surface area contributed by atoms with Gasteiger partial charge in [0.1, 0.15) is 5.56 Å². The Bertz CT molecular complexity index is 753. The lowest BCUT2D eigenvalue weighted by atomic mass is 10.1. The van der Waals surface area contributed by atoms with Crippen LogP contribution >= 0.6 is 0 Å². The molecule has 2 aromatic heterocycles. The number of aryl methyl sites for hydroxylation is 1. The Morgan fingerprint density at radius 1 is 1.10 bits per heavy atom. The standard InChI is InChI=1S/C16H15N3O2/c1-3-20-15-13(8-5-9-17-15)16-19-18-14(21-16)12-7-4-6-11(2)10-12/h4-10H,3H2,1-2H3. The van der Waals surface area contributed by atoms with Gasteiger partial charge in [-0.2, -0.15) is 0 Å². The molecule has 0 atom stereocenters. The van der Waals surface area contributed by atoms with E-state index in [0.29, 0.717) is 29.8 Å². The molecule has 106 valence electrons. The Morgan fingerprint density at radius 3 is 2.76 bits per heavy atom. The van der Waals surface area contributed by atoms with Gasteiger partial charge in [-0.05, 0) is 38.1 Å². The van der Waals surface area contributed by atoms with E-state index >= 15 is 0 Å². The van der Waals surface area contributed by atoms with Crippen LogP contribution in [0.2, 0.25) is 0 Å². The molecule has 0 spiro atoms. The van der Waals surface area contributed by atoms with Crippen LogP contribution in [0.15, 0.2) is 47.0 Å². The van der Waals surface area contributed by atoms with Gasteiger partial charge in [-0.15, -0.1) is 10.2 Å². The maximum Gasteiger partial charge on any atom is 0.253 e. The van der Waals surface area contributed by atoms with Crippen LogP contribution in [0.5, 0.6) is 5.88 Å². The second kappa shape index (κ2) is 5.75. The molecule has 3 aromatic rings. The lowest BCUT2D eigenvalue weighted by Crippen LogP contribution is -1.96. The summed E-state index contributed by atoms with van der Waals surface area (Å²) >= 11 is 0. The molecule has 21 heavy (non-hydrogen) atoms. The predicted octanol–water partition coefficient (Wildman–Crippen LogP) is 3.51. The number of aromatic nitrogens is 3. The molecule has 1 aromatic carbocycles. The normalized spacial score (nSPS) is 10.6. The van der Waals surface area contributed by atoms with Crippen molar-refractivity contribution in [3.63, 3.8) is 0 Å². The highest BCUT2D eigenvalue weighted by Crippen LogP contribution is 2.29. The summed E-state index contributed by atoms with van der Waals surface area (Å²) in [7, 11) is 0. The molecule has 0 aliphatic rings. The first-order chi connectivity index (χ1) is 10.3. The lowest BCUT2D eigenvalue weighted by molar-refractivity contribution is 0.327. The Morgan fingerprint density at radius 2 is 1.95 bits per heavy atom. The second-order valence-electron chi connectivity index (χ2n) is 4.57. The quantitative estimate of drug-likeness (QED) is 0.732. The van der Waals surface area contributed by atoms with E-state index < -0.39 is 0 Å². The highest BCUT2D eigenvalue weighted by molar-refractivity contribution is 5.62. The van der Waals surface area contributed by atoms with Crippen molar-refractivity contribution in [1.29, 1.82) is 0 Å². The van der Waals surface area contributed by atoms with E-state index in [1.54, 1.807) is 6.20 Å². The molecule has 0 bridgehead atoms. The summed E-state index contributed by atoms with van der Waals surface area (Å²) in [6, 6.07) is 11.6. The molecule has 0 amide bonds. The first-order valence-electron chi connectivity index (χ1n) is 6.76. The molecule has 0 N–H and O–H groups in total. The van der Waals surface area contributed by atoms with Crippen molar-refractivity contribution in [1.82, 2.24) is 15.2 Å². The van der Waals surface area contributed by atoms with Gasteiger partial charge in [-0.3, -0.25) is 0 Å². The highest BCUT2D eigenvalue weighted by Gasteiger charge is 2.15. The van der Waals surface area contributed by atoms with Crippen molar-refractivity contribution in [2.24, 2.45) is 0 Å². The molecule has 0 aliphatic heterocycles. The fraction of sp³-hybridized carbons (Fsp3) is 0.188. The van der Waals surface area contributed by atoms with Gasteiger partial charge in [0.2, 0.25) is 11.8 Å². The second-order valence-corrected chi connectivity index (χ2v) is 4.57. The van der Waals surface area contributed by atoms with Crippen molar-refractivity contribution >= 4 is 0 Å². The van der Waals surface area contributed by atoms with Crippen molar-refractivity contribution in [3.05, 3.63) is 48.2 Å². The summed E-state index contributed by atoms with van der Waals surface area (Å²) in [6.07, 6.45) is 1.67. The van der Waals surface area contributed by atoms with Gasteiger partial charge >= 0.3 is 0 Å². The fourth-order valence-corrected chi connectivity index (χ4v) is 2.03.